The van der Waals surface area contributed by atoms with Crippen LogP contribution < -0.4 is 10.2 Å². The summed E-state index contributed by atoms with van der Waals surface area (Å²) in [7, 11) is 0. The Morgan fingerprint density at radius 2 is 1.78 bits per heavy atom. The van der Waals surface area contributed by atoms with Gasteiger partial charge in [-0.05, 0) is 44.7 Å². The molecule has 1 fully saturated rings. The number of halogens is 3. The molecule has 146 valence electrons. The van der Waals surface area contributed by atoms with E-state index in [1.807, 2.05) is 13.8 Å². The molecule has 1 N–H and O–H groups in total. The summed E-state index contributed by atoms with van der Waals surface area (Å²) in [5, 5.41) is 2.06. The van der Waals surface area contributed by atoms with Crippen LogP contribution in [0, 0.1) is 5.41 Å². The van der Waals surface area contributed by atoms with Gasteiger partial charge in [0.1, 0.15) is 5.75 Å². The highest BCUT2D eigenvalue weighted by atomic mass is 19.4. The minimum atomic E-state index is -4.58. The van der Waals surface area contributed by atoms with E-state index in [0.29, 0.717) is 16.5 Å². The van der Waals surface area contributed by atoms with Gasteiger partial charge in [0.25, 0.3) is 0 Å². The number of rotatable bonds is 4. The Kier molecular flexibility index (Phi) is 4.84. The van der Waals surface area contributed by atoms with Crippen LogP contribution in [-0.4, -0.2) is 29.7 Å². The number of hydrogen-bond donors (Lipinski definition) is 1. The van der Waals surface area contributed by atoms with Crippen LogP contribution in [0.4, 0.5) is 13.2 Å². The number of fused-ring (bicyclic) bond motifs is 1. The van der Waals surface area contributed by atoms with Crippen LogP contribution in [-0.2, 0) is 4.79 Å². The molecule has 1 atom stereocenters. The van der Waals surface area contributed by atoms with E-state index in [1.165, 1.54) is 6.07 Å². The molecule has 4 nitrogen and oxygen atoms in total. The van der Waals surface area contributed by atoms with Crippen LogP contribution in [0.1, 0.15) is 39.3 Å². The van der Waals surface area contributed by atoms with Crippen LogP contribution >= 0.6 is 0 Å². The van der Waals surface area contributed by atoms with Crippen molar-refractivity contribution in [2.75, 3.05) is 6.54 Å². The molecule has 0 unspecified atom stereocenters. The number of carbonyl (C=O) groups excluding carboxylic acids is 1. The van der Waals surface area contributed by atoms with E-state index in [9.17, 15) is 18.0 Å². The second kappa shape index (κ2) is 6.71. The number of ether oxygens (including phenoxy) is 1. The molecule has 1 heterocycles. The number of hydrogen-bond acceptors (Lipinski definition) is 3. The maximum absolute atomic E-state index is 14.1. The number of carbonyl (C=O) groups is 1. The molecule has 0 radical (unpaired) electrons. The van der Waals surface area contributed by atoms with E-state index in [-0.39, 0.29) is 18.2 Å². The molecule has 0 spiro atoms. The smallest absolute Gasteiger partial charge is 0.409 e. The summed E-state index contributed by atoms with van der Waals surface area (Å²) >= 11 is 0. The standard InChI is InChI=1S/C20H23F3N2O2/c1-12(2)27-15-10-6-8-13-7-5-9-14(16(13)15)17(20(21,22)23)25-11-19(3,4)18(26)24-25/h5-10,12,17H,11H2,1-4H3,(H,24,26)/t17-/m0/s1. The third kappa shape index (κ3) is 3.74. The normalized spacial score (nSPS) is 18.7. The van der Waals surface area contributed by atoms with Gasteiger partial charge >= 0.3 is 6.18 Å². The molecule has 0 aliphatic carbocycles. The molecule has 1 saturated heterocycles. The average Bonchev–Trinajstić information content (AvgIpc) is 2.78. The lowest BCUT2D eigenvalue weighted by molar-refractivity contribution is -0.191. The fourth-order valence-corrected chi connectivity index (χ4v) is 3.41. The molecule has 2 aromatic rings. The molecule has 1 aliphatic heterocycles. The van der Waals surface area contributed by atoms with Crippen molar-refractivity contribution < 1.29 is 22.7 Å². The number of nitrogens with zero attached hydrogens (tertiary/aromatic N) is 1. The van der Waals surface area contributed by atoms with Gasteiger partial charge in [-0.2, -0.15) is 13.2 Å². The monoisotopic (exact) mass is 380 g/mol. The third-order valence-electron chi connectivity index (χ3n) is 4.60. The Balaban J connectivity index is 2.19. The highest BCUT2D eigenvalue weighted by Crippen LogP contribution is 2.44. The van der Waals surface area contributed by atoms with Crippen LogP contribution in [0.3, 0.4) is 0 Å². The molecule has 1 amide bonds. The van der Waals surface area contributed by atoms with E-state index < -0.39 is 23.5 Å². The van der Waals surface area contributed by atoms with E-state index >= 15 is 0 Å². The second-order valence-electron chi connectivity index (χ2n) is 7.76. The van der Waals surface area contributed by atoms with E-state index in [0.717, 1.165) is 5.01 Å². The van der Waals surface area contributed by atoms with Gasteiger partial charge < -0.3 is 4.74 Å². The predicted molar refractivity (Wildman–Crippen MR) is 97.1 cm³/mol. The fraction of sp³-hybridized carbons (Fsp3) is 0.450. The van der Waals surface area contributed by atoms with Gasteiger partial charge in [-0.25, -0.2) is 5.01 Å². The first-order chi connectivity index (χ1) is 12.5. The van der Waals surface area contributed by atoms with Gasteiger partial charge in [-0.3, -0.25) is 10.2 Å². The molecule has 0 saturated carbocycles. The fourth-order valence-electron chi connectivity index (χ4n) is 3.41. The third-order valence-corrected chi connectivity index (χ3v) is 4.60. The number of nitrogens with one attached hydrogen (secondary N) is 1. The Bertz CT molecular complexity index is 857. The van der Waals surface area contributed by atoms with E-state index in [4.69, 9.17) is 4.74 Å². The number of amides is 1. The minimum absolute atomic E-state index is 0.0421. The molecular weight excluding hydrogens is 357 g/mol. The van der Waals surface area contributed by atoms with Crippen molar-refractivity contribution in [3.8, 4) is 5.75 Å². The predicted octanol–water partition coefficient (Wildman–Crippen LogP) is 4.60. The lowest BCUT2D eigenvalue weighted by Gasteiger charge is -2.31. The highest BCUT2D eigenvalue weighted by molar-refractivity contribution is 5.92. The van der Waals surface area contributed by atoms with Gasteiger partial charge in [0.2, 0.25) is 5.91 Å². The zero-order valence-electron chi connectivity index (χ0n) is 15.7. The molecule has 0 aromatic heterocycles. The summed E-state index contributed by atoms with van der Waals surface area (Å²) in [6.45, 7) is 6.87. The number of benzene rings is 2. The van der Waals surface area contributed by atoms with Crippen LogP contribution in [0.25, 0.3) is 10.8 Å². The first-order valence-corrected chi connectivity index (χ1v) is 8.83. The zero-order valence-corrected chi connectivity index (χ0v) is 15.7. The first kappa shape index (κ1) is 19.5. The van der Waals surface area contributed by atoms with Gasteiger partial charge in [0.15, 0.2) is 6.04 Å². The van der Waals surface area contributed by atoms with Crippen molar-refractivity contribution in [2.24, 2.45) is 5.41 Å². The maximum Gasteiger partial charge on any atom is 0.409 e. The minimum Gasteiger partial charge on any atom is -0.490 e. The molecule has 3 rings (SSSR count). The Labute approximate surface area is 156 Å². The van der Waals surface area contributed by atoms with Crippen molar-refractivity contribution >= 4 is 16.7 Å². The van der Waals surface area contributed by atoms with Crippen molar-refractivity contribution in [2.45, 2.75) is 46.0 Å². The summed E-state index contributed by atoms with van der Waals surface area (Å²) in [4.78, 5) is 12.1. The molecule has 0 bridgehead atoms. The Morgan fingerprint density at radius 1 is 1.15 bits per heavy atom. The quantitative estimate of drug-likeness (QED) is 0.843. The summed E-state index contributed by atoms with van der Waals surface area (Å²) in [6, 6.07) is 8.02. The van der Waals surface area contributed by atoms with E-state index in [2.05, 4.69) is 5.43 Å². The molecule has 7 heteroatoms. The molecular formula is C20H23F3N2O2. The van der Waals surface area contributed by atoms with Crippen molar-refractivity contribution in [1.29, 1.82) is 0 Å². The number of hydrazine groups is 1. The first-order valence-electron chi connectivity index (χ1n) is 8.83. The molecule has 1 aliphatic rings. The summed E-state index contributed by atoms with van der Waals surface area (Å²) < 4.78 is 48.2. The van der Waals surface area contributed by atoms with Gasteiger partial charge in [0.05, 0.1) is 11.5 Å². The zero-order chi connectivity index (χ0) is 20.0. The Morgan fingerprint density at radius 3 is 2.30 bits per heavy atom. The average molecular weight is 380 g/mol. The maximum atomic E-state index is 14.1. The van der Waals surface area contributed by atoms with Crippen molar-refractivity contribution in [1.82, 2.24) is 10.4 Å². The second-order valence-corrected chi connectivity index (χ2v) is 7.76. The number of alkyl halides is 3. The van der Waals surface area contributed by atoms with Gasteiger partial charge in [0, 0.05) is 11.9 Å². The lowest BCUT2D eigenvalue weighted by atomic mass is 9.93. The highest BCUT2D eigenvalue weighted by Gasteiger charge is 2.51. The summed E-state index contributed by atoms with van der Waals surface area (Å²) in [5.74, 6) is -0.0206. The molecule has 27 heavy (non-hydrogen) atoms. The van der Waals surface area contributed by atoms with Crippen LogP contribution in [0.5, 0.6) is 5.75 Å². The topological polar surface area (TPSA) is 41.6 Å². The van der Waals surface area contributed by atoms with Gasteiger partial charge in [-0.15, -0.1) is 0 Å². The Hall–Kier alpha value is -2.28. The summed E-state index contributed by atoms with van der Waals surface area (Å²) in [5.41, 5.74) is 1.57. The SMILES string of the molecule is CC(C)Oc1cccc2cccc([C@H](N3CC(C)(C)C(=O)N3)C(F)(F)F)c12. The van der Waals surface area contributed by atoms with Crippen molar-refractivity contribution in [3.63, 3.8) is 0 Å². The van der Waals surface area contributed by atoms with E-state index in [1.54, 1.807) is 44.2 Å². The molecule has 2 aromatic carbocycles. The largest absolute Gasteiger partial charge is 0.490 e. The summed E-state index contributed by atoms with van der Waals surface area (Å²) in [6.07, 6.45) is -4.76. The van der Waals surface area contributed by atoms with Crippen LogP contribution in [0.2, 0.25) is 0 Å². The lowest BCUT2D eigenvalue weighted by Crippen LogP contribution is -2.43. The van der Waals surface area contributed by atoms with Crippen molar-refractivity contribution in [3.05, 3.63) is 42.0 Å². The van der Waals surface area contributed by atoms with Gasteiger partial charge in [-0.1, -0.05) is 30.3 Å². The van der Waals surface area contributed by atoms with Crippen LogP contribution in [0.15, 0.2) is 36.4 Å².